The number of hydrogen-bond acceptors (Lipinski definition) is 6. The van der Waals surface area contributed by atoms with Crippen molar-refractivity contribution in [1.29, 1.82) is 0 Å². The van der Waals surface area contributed by atoms with Crippen LogP contribution in [-0.4, -0.2) is 72.7 Å². The molecule has 6 atom stereocenters. The van der Waals surface area contributed by atoms with Crippen molar-refractivity contribution in [1.82, 2.24) is 4.90 Å². The summed E-state index contributed by atoms with van der Waals surface area (Å²) in [6, 6.07) is 6.11. The predicted octanol–water partition coefficient (Wildman–Crippen LogP) is 0.856. The molecule has 1 saturated heterocycles. The van der Waals surface area contributed by atoms with E-state index < -0.39 is 17.1 Å². The molecule has 0 bridgehead atoms. The van der Waals surface area contributed by atoms with Crippen molar-refractivity contribution < 1.29 is 14.9 Å². The van der Waals surface area contributed by atoms with Gasteiger partial charge in [0.15, 0.2) is 0 Å². The standard InChI is InChI=1S/C22H31N3O3/c1-4-20-8-5-10-25-11-9-21(17(20)25)15-7-6-14(28-3)12-16(15)24(2)18(21)22(27,13-23)19(20)26/h5-8,12,17-19,26-27H,4,9-11,13,23H2,1-3H3/t17-,18+,19+,20+,21+,22+/m0/s1. The molecular formula is C22H31N3O3. The maximum atomic E-state index is 11.9. The third-order valence-electron chi connectivity index (χ3n) is 8.30. The van der Waals surface area contributed by atoms with E-state index in [2.05, 4.69) is 41.0 Å². The normalized spacial score (nSPS) is 43.6. The summed E-state index contributed by atoms with van der Waals surface area (Å²) in [6.45, 7) is 4.00. The van der Waals surface area contributed by atoms with E-state index in [9.17, 15) is 10.2 Å². The second-order valence-electron chi connectivity index (χ2n) is 9.05. The van der Waals surface area contributed by atoms with Crippen LogP contribution in [0.15, 0.2) is 30.4 Å². The zero-order chi connectivity index (χ0) is 19.9. The van der Waals surface area contributed by atoms with Gasteiger partial charge in [0, 0.05) is 48.8 Å². The van der Waals surface area contributed by atoms with Gasteiger partial charge in [0.05, 0.1) is 19.3 Å². The SMILES string of the molecule is CC[C@]12C=CCN3CC[C@@]4(c5ccc(OC)cc5N(C)[C@H]4[C@](O)(CN)[C@@H]1O)[C@@H]32. The first-order chi connectivity index (χ1) is 13.4. The van der Waals surface area contributed by atoms with E-state index in [4.69, 9.17) is 10.5 Å². The molecule has 1 aliphatic carbocycles. The third-order valence-corrected chi connectivity index (χ3v) is 8.30. The summed E-state index contributed by atoms with van der Waals surface area (Å²) in [6.07, 6.45) is 5.12. The average Bonchev–Trinajstić information content (AvgIpc) is 3.23. The van der Waals surface area contributed by atoms with Gasteiger partial charge in [0.25, 0.3) is 0 Å². The number of ether oxygens (including phenoxy) is 1. The topological polar surface area (TPSA) is 82.2 Å². The van der Waals surface area contributed by atoms with E-state index in [1.54, 1.807) is 7.11 Å². The molecule has 0 amide bonds. The van der Waals surface area contributed by atoms with Crippen LogP contribution in [0, 0.1) is 5.41 Å². The second kappa shape index (κ2) is 5.72. The highest BCUT2D eigenvalue weighted by molar-refractivity contribution is 5.70. The van der Waals surface area contributed by atoms with E-state index >= 15 is 0 Å². The minimum atomic E-state index is -1.40. The van der Waals surface area contributed by atoms with Crippen LogP contribution in [-0.2, 0) is 5.41 Å². The number of anilines is 1. The van der Waals surface area contributed by atoms with Crippen LogP contribution in [0.3, 0.4) is 0 Å². The summed E-state index contributed by atoms with van der Waals surface area (Å²) in [5, 5.41) is 23.6. The molecule has 1 aromatic carbocycles. The number of aliphatic hydroxyl groups is 2. The number of rotatable bonds is 3. The van der Waals surface area contributed by atoms with Crippen LogP contribution in [0.1, 0.15) is 25.3 Å². The van der Waals surface area contributed by atoms with Crippen molar-refractivity contribution in [3.05, 3.63) is 35.9 Å². The maximum absolute atomic E-state index is 11.9. The minimum absolute atomic E-state index is 0.0261. The predicted molar refractivity (Wildman–Crippen MR) is 109 cm³/mol. The second-order valence-corrected chi connectivity index (χ2v) is 9.05. The number of methoxy groups -OCH3 is 1. The molecule has 0 unspecified atom stereocenters. The van der Waals surface area contributed by atoms with Gasteiger partial charge in [-0.15, -0.1) is 0 Å². The number of nitrogens with two attached hydrogens (primary N) is 1. The zero-order valence-electron chi connectivity index (χ0n) is 16.9. The summed E-state index contributed by atoms with van der Waals surface area (Å²) in [5.41, 5.74) is 6.34. The van der Waals surface area contributed by atoms with E-state index in [0.717, 1.165) is 37.4 Å². The lowest BCUT2D eigenvalue weighted by Crippen LogP contribution is -2.80. The molecule has 1 aromatic rings. The van der Waals surface area contributed by atoms with E-state index in [1.807, 2.05) is 13.1 Å². The Hall–Kier alpha value is -1.60. The van der Waals surface area contributed by atoms with Gasteiger partial charge in [0.2, 0.25) is 0 Å². The molecule has 4 aliphatic rings. The molecule has 2 fully saturated rings. The van der Waals surface area contributed by atoms with Gasteiger partial charge in [-0.2, -0.15) is 0 Å². The molecule has 3 heterocycles. The molecule has 28 heavy (non-hydrogen) atoms. The molecular weight excluding hydrogens is 354 g/mol. The molecule has 1 spiro atoms. The van der Waals surface area contributed by atoms with Crippen molar-refractivity contribution in [3.63, 3.8) is 0 Å². The molecule has 0 radical (unpaired) electrons. The number of benzene rings is 1. The Bertz CT molecular complexity index is 844. The molecule has 4 N–H and O–H groups in total. The number of likely N-dealkylation sites (N-methyl/N-ethyl adjacent to an activating group) is 1. The van der Waals surface area contributed by atoms with Crippen LogP contribution >= 0.6 is 0 Å². The highest BCUT2D eigenvalue weighted by atomic mass is 16.5. The van der Waals surface area contributed by atoms with Gasteiger partial charge < -0.3 is 25.6 Å². The van der Waals surface area contributed by atoms with Gasteiger partial charge in [-0.1, -0.05) is 25.1 Å². The van der Waals surface area contributed by atoms with E-state index in [-0.39, 0.29) is 24.0 Å². The van der Waals surface area contributed by atoms with Crippen molar-refractivity contribution in [2.24, 2.45) is 11.1 Å². The van der Waals surface area contributed by atoms with Gasteiger partial charge in [-0.3, -0.25) is 4.90 Å². The lowest BCUT2D eigenvalue weighted by Gasteiger charge is -2.64. The maximum Gasteiger partial charge on any atom is 0.125 e. The van der Waals surface area contributed by atoms with E-state index in [0.29, 0.717) is 0 Å². The van der Waals surface area contributed by atoms with Crippen molar-refractivity contribution >= 4 is 5.69 Å². The van der Waals surface area contributed by atoms with Crippen molar-refractivity contribution in [3.8, 4) is 5.75 Å². The first-order valence-electron chi connectivity index (χ1n) is 10.3. The molecule has 152 valence electrons. The number of aliphatic hydroxyl groups excluding tert-OH is 1. The number of nitrogens with zero attached hydrogens (tertiary/aromatic N) is 2. The lowest BCUT2D eigenvalue weighted by atomic mass is 9.48. The van der Waals surface area contributed by atoms with Crippen LogP contribution < -0.4 is 15.4 Å². The molecule has 5 rings (SSSR count). The van der Waals surface area contributed by atoms with Crippen LogP contribution in [0.5, 0.6) is 5.75 Å². The average molecular weight is 386 g/mol. The van der Waals surface area contributed by atoms with Crippen LogP contribution in [0.2, 0.25) is 0 Å². The quantitative estimate of drug-likeness (QED) is 0.670. The Kier molecular flexibility index (Phi) is 3.77. The number of fused-ring (bicyclic) bond motifs is 1. The Morgan fingerprint density at radius 2 is 2.11 bits per heavy atom. The lowest BCUT2D eigenvalue weighted by molar-refractivity contribution is -0.194. The largest absolute Gasteiger partial charge is 0.497 e. The first kappa shape index (κ1) is 18.4. The molecule has 0 aromatic heterocycles. The Morgan fingerprint density at radius 1 is 1.32 bits per heavy atom. The molecule has 1 saturated carbocycles. The van der Waals surface area contributed by atoms with Crippen molar-refractivity contribution in [2.75, 3.05) is 38.7 Å². The minimum Gasteiger partial charge on any atom is -0.497 e. The highest BCUT2D eigenvalue weighted by Gasteiger charge is 2.76. The monoisotopic (exact) mass is 385 g/mol. The first-order valence-corrected chi connectivity index (χ1v) is 10.3. The van der Waals surface area contributed by atoms with Gasteiger partial charge in [-0.25, -0.2) is 0 Å². The zero-order valence-corrected chi connectivity index (χ0v) is 16.9. The fourth-order valence-electron chi connectivity index (χ4n) is 7.32. The number of hydrogen-bond donors (Lipinski definition) is 3. The smallest absolute Gasteiger partial charge is 0.125 e. The Balaban J connectivity index is 1.83. The Labute approximate surface area is 166 Å². The summed E-state index contributed by atoms with van der Waals surface area (Å²) < 4.78 is 5.48. The fourth-order valence-corrected chi connectivity index (χ4v) is 7.32. The molecule has 6 heteroatoms. The van der Waals surface area contributed by atoms with Gasteiger partial charge in [0.1, 0.15) is 11.4 Å². The summed E-state index contributed by atoms with van der Waals surface area (Å²) >= 11 is 0. The van der Waals surface area contributed by atoms with Crippen LogP contribution in [0.25, 0.3) is 0 Å². The Morgan fingerprint density at radius 3 is 2.79 bits per heavy atom. The third kappa shape index (κ3) is 1.79. The molecule has 6 nitrogen and oxygen atoms in total. The van der Waals surface area contributed by atoms with Gasteiger partial charge in [-0.05, 0) is 31.0 Å². The van der Waals surface area contributed by atoms with Gasteiger partial charge >= 0.3 is 0 Å². The fraction of sp³-hybridized carbons (Fsp3) is 0.636. The van der Waals surface area contributed by atoms with Crippen LogP contribution in [0.4, 0.5) is 5.69 Å². The summed E-state index contributed by atoms with van der Waals surface area (Å²) in [7, 11) is 3.69. The highest BCUT2D eigenvalue weighted by Crippen LogP contribution is 2.66. The summed E-state index contributed by atoms with van der Waals surface area (Å²) in [4.78, 5) is 4.65. The van der Waals surface area contributed by atoms with E-state index in [1.165, 1.54) is 5.56 Å². The summed E-state index contributed by atoms with van der Waals surface area (Å²) in [5.74, 6) is 0.803. The molecule has 3 aliphatic heterocycles. The van der Waals surface area contributed by atoms with Crippen molar-refractivity contribution in [2.45, 2.75) is 49.0 Å².